The fraction of sp³-hybridized carbons (Fsp3) is 0. The number of hydrogen-bond donors (Lipinski definition) is 2. The van der Waals surface area contributed by atoms with E-state index in [-0.39, 0.29) is 59.1 Å². The minimum Gasteiger partial charge on any atom is -0.917 e. The molecule has 2 rings (SSSR count). The van der Waals surface area contributed by atoms with Gasteiger partial charge in [0.25, 0.3) is 0 Å². The van der Waals surface area contributed by atoms with Crippen molar-refractivity contribution >= 4 is 58.8 Å². The summed E-state index contributed by atoms with van der Waals surface area (Å²) in [5, 5.41) is 19.2. The van der Waals surface area contributed by atoms with Crippen molar-refractivity contribution in [2.24, 2.45) is 0 Å². The molecular weight excluding hydrogens is 498 g/mol. The predicted octanol–water partition coefficient (Wildman–Crippen LogP) is -4.67. The van der Waals surface area contributed by atoms with Crippen molar-refractivity contribution in [3.63, 3.8) is 0 Å². The van der Waals surface area contributed by atoms with Gasteiger partial charge in [-0.05, 0) is 47.8 Å². The van der Waals surface area contributed by atoms with E-state index in [2.05, 4.69) is 78.6 Å². The summed E-state index contributed by atoms with van der Waals surface area (Å²) in [6, 6.07) is 0. The van der Waals surface area contributed by atoms with E-state index < -0.39 is 11.0 Å². The molecule has 0 unspecified atom stereocenters. The number of aromatic nitrogens is 6. The largest absolute Gasteiger partial charge is 1.00 e. The van der Waals surface area contributed by atoms with E-state index in [1.165, 1.54) is 0 Å². The van der Waals surface area contributed by atoms with Gasteiger partial charge in [0.1, 0.15) is 4.60 Å². The number of nitrogens with one attached hydrogen (secondary N) is 2. The quantitative estimate of drug-likeness (QED) is 0.160. The first-order valence-corrected chi connectivity index (χ1v) is 6.81. The van der Waals surface area contributed by atoms with Gasteiger partial charge in [-0.3, -0.25) is 0 Å². The SMILES string of the molecule is Brc1cn[nH]n1.Brc1n[nH]nc1Br.O=[S-](=O)[O-].[Na+].[Na+]. The molecule has 0 saturated carbocycles. The molecule has 9 nitrogen and oxygen atoms in total. The molecule has 2 aromatic heterocycles. The molecule has 2 heterocycles. The average Bonchev–Trinajstić information content (AvgIpc) is 2.80. The zero-order valence-electron chi connectivity index (χ0n) is 9.63. The first-order valence-electron chi connectivity index (χ1n) is 3.43. The van der Waals surface area contributed by atoms with Crippen LogP contribution in [0.15, 0.2) is 20.0 Å². The van der Waals surface area contributed by atoms with Crippen molar-refractivity contribution in [1.29, 1.82) is 0 Å². The summed E-state index contributed by atoms with van der Waals surface area (Å²) in [6.07, 6.45) is 1.58. The molecule has 0 aliphatic heterocycles. The van der Waals surface area contributed by atoms with E-state index in [0.29, 0.717) is 9.21 Å². The summed E-state index contributed by atoms with van der Waals surface area (Å²) in [7, 11) is -3.11. The second-order valence-corrected chi connectivity index (χ2v) is 4.63. The molecule has 15 heteroatoms. The maximum absolute atomic E-state index is 8.44. The molecule has 0 bridgehead atoms. The van der Waals surface area contributed by atoms with Crippen molar-refractivity contribution in [3.8, 4) is 0 Å². The Kier molecular flexibility index (Phi) is 21.5. The second-order valence-electron chi connectivity index (χ2n) is 1.90. The third-order valence-electron chi connectivity index (χ3n) is 0.852. The zero-order chi connectivity index (χ0) is 13.3. The summed E-state index contributed by atoms with van der Waals surface area (Å²) in [6.45, 7) is 0. The van der Waals surface area contributed by atoms with E-state index >= 15 is 0 Å². The van der Waals surface area contributed by atoms with Gasteiger partial charge in [-0.25, -0.2) is 0 Å². The van der Waals surface area contributed by atoms with Crippen LogP contribution in [0.4, 0.5) is 0 Å². The Morgan fingerprint density at radius 1 is 1.00 bits per heavy atom. The molecule has 0 atom stereocenters. The van der Waals surface area contributed by atoms with Crippen LogP contribution in [-0.2, 0) is 19.4 Å². The number of H-pyrrole nitrogens is 2. The molecule has 0 aliphatic carbocycles. The van der Waals surface area contributed by atoms with Crippen LogP contribution in [0.3, 0.4) is 0 Å². The minimum absolute atomic E-state index is 0. The second kappa shape index (κ2) is 16.0. The topological polar surface area (TPSA) is 140 Å². The smallest absolute Gasteiger partial charge is 0.917 e. The first kappa shape index (κ1) is 25.6. The maximum Gasteiger partial charge on any atom is 1.00 e. The van der Waals surface area contributed by atoms with Crippen LogP contribution in [-0.4, -0.2) is 35.4 Å². The van der Waals surface area contributed by atoms with Gasteiger partial charge in [-0.2, -0.15) is 26.5 Å². The van der Waals surface area contributed by atoms with Gasteiger partial charge in [0, 0.05) is 0 Å². The van der Waals surface area contributed by atoms with Crippen LogP contribution >= 0.6 is 47.8 Å². The Balaban J connectivity index is -0.000000199. The van der Waals surface area contributed by atoms with Crippen LogP contribution < -0.4 is 59.1 Å². The van der Waals surface area contributed by atoms with Gasteiger partial charge in [-0.15, -0.1) is 15.3 Å². The molecule has 0 fully saturated rings. The van der Waals surface area contributed by atoms with Crippen LogP contribution in [0.25, 0.3) is 0 Å². The normalized spacial score (nSPS) is 8.05. The van der Waals surface area contributed by atoms with Gasteiger partial charge >= 0.3 is 59.1 Å². The van der Waals surface area contributed by atoms with Gasteiger partial charge in [0.2, 0.25) is 0 Å². The number of aromatic amines is 2. The fourth-order valence-electron chi connectivity index (χ4n) is 0.393. The first-order chi connectivity index (χ1) is 7.93. The Hall–Kier alpha value is 1.63. The fourth-order valence-corrected chi connectivity index (χ4v) is 0.910. The van der Waals surface area contributed by atoms with Crippen molar-refractivity contribution in [2.75, 3.05) is 0 Å². The molecule has 2 N–H and O–H groups in total. The number of halogens is 3. The number of hydrogen-bond acceptors (Lipinski definition) is 8. The number of rotatable bonds is 0. The molecule has 19 heavy (non-hydrogen) atoms. The zero-order valence-corrected chi connectivity index (χ0v) is 19.2. The summed E-state index contributed by atoms with van der Waals surface area (Å²) < 4.78 is 27.5. The molecule has 0 amide bonds. The van der Waals surface area contributed by atoms with E-state index in [9.17, 15) is 0 Å². The van der Waals surface area contributed by atoms with Gasteiger partial charge in [0.15, 0.2) is 9.21 Å². The van der Waals surface area contributed by atoms with Crippen LogP contribution in [0, 0.1) is 0 Å². The van der Waals surface area contributed by atoms with Crippen molar-refractivity contribution in [2.45, 2.75) is 0 Å². The van der Waals surface area contributed by atoms with Crippen molar-refractivity contribution in [3.05, 3.63) is 20.0 Å². The van der Waals surface area contributed by atoms with Crippen LogP contribution in [0.5, 0.6) is 0 Å². The van der Waals surface area contributed by atoms with Gasteiger partial charge in [0.05, 0.1) is 6.20 Å². The monoisotopic (exact) mass is 498 g/mol. The van der Waals surface area contributed by atoms with Crippen molar-refractivity contribution < 1.29 is 72.1 Å². The molecule has 0 radical (unpaired) electrons. The summed E-state index contributed by atoms with van der Waals surface area (Å²) in [5.41, 5.74) is 0. The number of nitrogens with zero attached hydrogens (tertiary/aromatic N) is 4. The predicted molar refractivity (Wildman–Crippen MR) is 65.4 cm³/mol. The maximum atomic E-state index is 8.44. The third-order valence-corrected chi connectivity index (χ3v) is 2.87. The minimum atomic E-state index is -3.11. The van der Waals surface area contributed by atoms with E-state index in [1.807, 2.05) is 0 Å². The Morgan fingerprint density at radius 2 is 1.42 bits per heavy atom. The summed E-state index contributed by atoms with van der Waals surface area (Å²) in [4.78, 5) is 0. The van der Waals surface area contributed by atoms with Gasteiger partial charge < -0.3 is 13.0 Å². The summed E-state index contributed by atoms with van der Waals surface area (Å²) >= 11 is 9.30. The van der Waals surface area contributed by atoms with E-state index in [0.717, 1.165) is 4.60 Å². The molecular formula is C4H3Br3N6Na2O3S. The average molecular weight is 501 g/mol. The van der Waals surface area contributed by atoms with Crippen LogP contribution in [0.2, 0.25) is 0 Å². The molecule has 2 aromatic rings. The van der Waals surface area contributed by atoms with Crippen molar-refractivity contribution in [1.82, 2.24) is 30.8 Å². The van der Waals surface area contributed by atoms with E-state index in [4.69, 9.17) is 13.0 Å². The van der Waals surface area contributed by atoms with Crippen LogP contribution in [0.1, 0.15) is 0 Å². The molecule has 0 aromatic carbocycles. The molecule has 0 saturated heterocycles. The van der Waals surface area contributed by atoms with E-state index in [1.54, 1.807) is 6.20 Å². The Morgan fingerprint density at radius 3 is 1.53 bits per heavy atom. The van der Waals surface area contributed by atoms with Gasteiger partial charge in [-0.1, -0.05) is 0 Å². The Labute approximate surface area is 179 Å². The Bertz CT molecular complexity index is 469. The summed E-state index contributed by atoms with van der Waals surface area (Å²) in [5.74, 6) is 0. The molecule has 96 valence electrons. The molecule has 0 spiro atoms. The standard InChI is InChI=1S/C2HBr2N3.C2H2BrN3.2Na.O3S/c3-1-2(4)6-7-5-1;3-2-1-4-6-5-2;;;1-4(2)3/h(H,5,6,7);1H,(H,4,5,6);;;/q;;2*+1;-2. The third kappa shape index (κ3) is 17.6. The molecule has 0 aliphatic rings.